The predicted molar refractivity (Wildman–Crippen MR) is 96.3 cm³/mol. The minimum Gasteiger partial charge on any atom is -0.508 e. The van der Waals surface area contributed by atoms with E-state index in [2.05, 4.69) is 18.3 Å². The Hall–Kier alpha value is -2.06. The van der Waals surface area contributed by atoms with Gasteiger partial charge in [0, 0.05) is 13.1 Å². The quantitative estimate of drug-likeness (QED) is 0.883. The molecule has 2 heterocycles. The lowest BCUT2D eigenvalue weighted by molar-refractivity contribution is -0.133. The first-order valence-electron chi connectivity index (χ1n) is 9.31. The van der Waals surface area contributed by atoms with Crippen LogP contribution in [-0.4, -0.2) is 41.1 Å². The molecule has 0 radical (unpaired) electrons. The summed E-state index contributed by atoms with van der Waals surface area (Å²) in [6, 6.07) is 5.46. The molecule has 0 aliphatic carbocycles. The van der Waals surface area contributed by atoms with Crippen molar-refractivity contribution in [3.63, 3.8) is 0 Å². The highest BCUT2D eigenvalue weighted by atomic mass is 16.3. The number of benzene rings is 1. The Morgan fingerprint density at radius 3 is 3.00 bits per heavy atom. The fourth-order valence-corrected chi connectivity index (χ4v) is 4.42. The van der Waals surface area contributed by atoms with Crippen LogP contribution in [0.3, 0.4) is 0 Å². The molecule has 2 aliphatic heterocycles. The number of amides is 1. The van der Waals surface area contributed by atoms with E-state index >= 15 is 0 Å². The molecule has 1 aromatic carbocycles. The van der Waals surface area contributed by atoms with Crippen LogP contribution in [-0.2, 0) is 11.2 Å². The van der Waals surface area contributed by atoms with Crippen molar-refractivity contribution in [2.24, 2.45) is 0 Å². The van der Waals surface area contributed by atoms with Crippen LogP contribution in [0.25, 0.3) is 0 Å². The van der Waals surface area contributed by atoms with Crippen LogP contribution in [0.1, 0.15) is 55.2 Å². The van der Waals surface area contributed by atoms with Crippen LogP contribution in [0.2, 0.25) is 0 Å². The molecule has 0 bridgehead atoms. The van der Waals surface area contributed by atoms with Gasteiger partial charge in [-0.25, -0.2) is 0 Å². The molecule has 25 heavy (non-hydrogen) atoms. The first-order chi connectivity index (χ1) is 12.0. The first-order valence-corrected chi connectivity index (χ1v) is 9.31. The summed E-state index contributed by atoms with van der Waals surface area (Å²) < 4.78 is 0. The van der Waals surface area contributed by atoms with Crippen LogP contribution in [0, 0.1) is 18.3 Å². The van der Waals surface area contributed by atoms with Crippen molar-refractivity contribution in [3.05, 3.63) is 28.8 Å². The van der Waals surface area contributed by atoms with Gasteiger partial charge < -0.3 is 15.3 Å². The van der Waals surface area contributed by atoms with E-state index < -0.39 is 0 Å². The molecule has 3 rings (SSSR count). The minimum atomic E-state index is -0.264. The van der Waals surface area contributed by atoms with Crippen LogP contribution in [0.5, 0.6) is 5.75 Å². The highest BCUT2D eigenvalue weighted by molar-refractivity contribution is 5.83. The number of nitriles is 1. The lowest BCUT2D eigenvalue weighted by atomic mass is 9.86. The molecule has 1 aromatic rings. The normalized spacial score (nSPS) is 26.0. The van der Waals surface area contributed by atoms with Gasteiger partial charge in [-0.15, -0.1) is 0 Å². The van der Waals surface area contributed by atoms with E-state index in [4.69, 9.17) is 0 Å². The molecule has 5 heteroatoms. The molecule has 0 saturated carbocycles. The van der Waals surface area contributed by atoms with Gasteiger partial charge >= 0.3 is 0 Å². The summed E-state index contributed by atoms with van der Waals surface area (Å²) in [6.07, 6.45) is 4.42. The second kappa shape index (κ2) is 7.45. The van der Waals surface area contributed by atoms with E-state index in [1.54, 1.807) is 4.90 Å². The summed E-state index contributed by atoms with van der Waals surface area (Å²) >= 11 is 0. The van der Waals surface area contributed by atoms with Crippen molar-refractivity contribution < 1.29 is 9.90 Å². The standard InChI is InChI=1S/C20H27N3O2/c1-3-5-14-9-17(24)8-13(2)19(14)15-10-18(22-12-15)20(25)23-7-4-6-16(23)11-21/h8-9,15-16,18,22,24H,3-7,10,12H2,1-2H3/t15-,16-,18-/m0/s1. The average molecular weight is 341 g/mol. The van der Waals surface area contributed by atoms with Crippen molar-refractivity contribution in [1.29, 1.82) is 5.26 Å². The molecule has 1 amide bonds. The smallest absolute Gasteiger partial charge is 0.240 e. The Kier molecular flexibility index (Phi) is 5.29. The zero-order valence-electron chi connectivity index (χ0n) is 15.1. The maximum Gasteiger partial charge on any atom is 0.240 e. The van der Waals surface area contributed by atoms with Gasteiger partial charge in [-0.2, -0.15) is 5.26 Å². The van der Waals surface area contributed by atoms with Gasteiger partial charge in [0.1, 0.15) is 11.8 Å². The predicted octanol–water partition coefficient (Wildman–Crippen LogP) is 2.61. The number of phenols is 1. The zero-order valence-corrected chi connectivity index (χ0v) is 15.1. The number of carbonyl (C=O) groups is 1. The molecule has 2 saturated heterocycles. The number of likely N-dealkylation sites (tertiary alicyclic amines) is 1. The highest BCUT2D eigenvalue weighted by Gasteiger charge is 2.38. The van der Waals surface area contributed by atoms with Crippen LogP contribution >= 0.6 is 0 Å². The van der Waals surface area contributed by atoms with Crippen LogP contribution in [0.4, 0.5) is 0 Å². The van der Waals surface area contributed by atoms with Crippen molar-refractivity contribution in [1.82, 2.24) is 10.2 Å². The number of aryl methyl sites for hydroxylation is 2. The second-order valence-electron chi connectivity index (χ2n) is 7.30. The number of nitrogens with zero attached hydrogens (tertiary/aromatic N) is 2. The van der Waals surface area contributed by atoms with E-state index in [1.165, 1.54) is 11.1 Å². The molecule has 2 N–H and O–H groups in total. The number of hydrogen-bond acceptors (Lipinski definition) is 4. The number of nitrogens with one attached hydrogen (secondary N) is 1. The largest absolute Gasteiger partial charge is 0.508 e. The topological polar surface area (TPSA) is 76.4 Å². The lowest BCUT2D eigenvalue weighted by Gasteiger charge is -2.23. The molecule has 5 nitrogen and oxygen atoms in total. The summed E-state index contributed by atoms with van der Waals surface area (Å²) in [4.78, 5) is 14.6. The Morgan fingerprint density at radius 1 is 1.48 bits per heavy atom. The fourth-order valence-electron chi connectivity index (χ4n) is 4.42. The molecule has 2 fully saturated rings. The Labute approximate surface area is 149 Å². The van der Waals surface area contributed by atoms with E-state index in [-0.39, 0.29) is 23.9 Å². The van der Waals surface area contributed by atoms with E-state index in [9.17, 15) is 15.2 Å². The summed E-state index contributed by atoms with van der Waals surface area (Å²) in [5.41, 5.74) is 3.57. The second-order valence-corrected chi connectivity index (χ2v) is 7.30. The lowest BCUT2D eigenvalue weighted by Crippen LogP contribution is -2.45. The summed E-state index contributed by atoms with van der Waals surface area (Å²) in [5.74, 6) is 0.663. The van der Waals surface area contributed by atoms with Gasteiger partial charge in [-0.05, 0) is 67.3 Å². The van der Waals surface area contributed by atoms with Gasteiger partial charge in [-0.1, -0.05) is 13.3 Å². The van der Waals surface area contributed by atoms with Gasteiger partial charge in [0.15, 0.2) is 0 Å². The average Bonchev–Trinajstić information content (AvgIpc) is 3.23. The van der Waals surface area contributed by atoms with E-state index in [0.717, 1.165) is 44.2 Å². The van der Waals surface area contributed by atoms with E-state index in [0.29, 0.717) is 12.3 Å². The van der Waals surface area contributed by atoms with Crippen LogP contribution < -0.4 is 5.32 Å². The van der Waals surface area contributed by atoms with Gasteiger partial charge in [0.2, 0.25) is 5.91 Å². The monoisotopic (exact) mass is 341 g/mol. The van der Waals surface area contributed by atoms with Crippen molar-refractivity contribution in [2.45, 2.75) is 64.0 Å². The maximum atomic E-state index is 12.8. The summed E-state index contributed by atoms with van der Waals surface area (Å²) in [5, 5.41) is 22.5. The van der Waals surface area contributed by atoms with Crippen molar-refractivity contribution in [2.75, 3.05) is 13.1 Å². The molecular weight excluding hydrogens is 314 g/mol. The molecule has 3 atom stereocenters. The molecule has 0 unspecified atom stereocenters. The number of phenolic OH excluding ortho intramolecular Hbond substituents is 1. The van der Waals surface area contributed by atoms with Gasteiger partial charge in [0.25, 0.3) is 0 Å². The third kappa shape index (κ3) is 3.50. The molecule has 0 aromatic heterocycles. The first kappa shape index (κ1) is 17.8. The van der Waals surface area contributed by atoms with Crippen LogP contribution in [0.15, 0.2) is 12.1 Å². The number of aromatic hydroxyl groups is 1. The molecule has 2 aliphatic rings. The Bertz CT molecular complexity index is 695. The maximum absolute atomic E-state index is 12.8. The van der Waals surface area contributed by atoms with Gasteiger partial charge in [-0.3, -0.25) is 4.79 Å². The molecule has 134 valence electrons. The third-order valence-electron chi connectivity index (χ3n) is 5.50. The summed E-state index contributed by atoms with van der Waals surface area (Å²) in [6.45, 7) is 5.64. The van der Waals surface area contributed by atoms with Crippen molar-refractivity contribution >= 4 is 5.91 Å². The Balaban J connectivity index is 1.77. The minimum absolute atomic E-state index is 0.0695. The van der Waals surface area contributed by atoms with Gasteiger partial charge in [0.05, 0.1) is 12.1 Å². The third-order valence-corrected chi connectivity index (χ3v) is 5.50. The highest BCUT2D eigenvalue weighted by Crippen LogP contribution is 2.35. The Morgan fingerprint density at radius 2 is 2.28 bits per heavy atom. The fraction of sp³-hybridized carbons (Fsp3) is 0.600. The van der Waals surface area contributed by atoms with E-state index in [1.807, 2.05) is 19.1 Å². The zero-order chi connectivity index (χ0) is 18.0. The SMILES string of the molecule is CCCc1cc(O)cc(C)c1[C@@H]1CN[C@H](C(=O)N2CCC[C@H]2C#N)C1. The van der Waals surface area contributed by atoms with Crippen molar-refractivity contribution in [3.8, 4) is 11.8 Å². The molecular formula is C20H27N3O2. The number of carbonyl (C=O) groups excluding carboxylic acids is 1. The number of hydrogen-bond donors (Lipinski definition) is 2. The number of rotatable bonds is 4. The summed E-state index contributed by atoms with van der Waals surface area (Å²) in [7, 11) is 0. The molecule has 0 spiro atoms.